The lowest BCUT2D eigenvalue weighted by Crippen LogP contribution is -2.51. The Hall–Kier alpha value is -2.17. The van der Waals surface area contributed by atoms with Gasteiger partial charge in [0.05, 0.1) is 16.8 Å². The van der Waals surface area contributed by atoms with Crippen molar-refractivity contribution in [2.75, 3.05) is 5.32 Å². The van der Waals surface area contributed by atoms with Crippen LogP contribution in [0, 0.1) is 29.0 Å². The molecule has 29 heavy (non-hydrogen) atoms. The third-order valence-corrected chi connectivity index (χ3v) is 7.31. The third-order valence-electron chi connectivity index (χ3n) is 7.31. The van der Waals surface area contributed by atoms with E-state index < -0.39 is 0 Å². The van der Waals surface area contributed by atoms with Crippen LogP contribution in [-0.4, -0.2) is 15.7 Å². The molecular weight excluding hydrogens is 365 g/mol. The number of hydrogen-bond donors (Lipinski definition) is 1. The summed E-state index contributed by atoms with van der Waals surface area (Å²) in [6.45, 7) is 6.32. The van der Waals surface area contributed by atoms with Crippen LogP contribution in [0.5, 0.6) is 0 Å². The molecule has 4 nitrogen and oxygen atoms in total. The highest BCUT2D eigenvalue weighted by Crippen LogP contribution is 2.60. The Morgan fingerprint density at radius 3 is 2.14 bits per heavy atom. The van der Waals surface area contributed by atoms with Gasteiger partial charge in [0, 0.05) is 11.5 Å². The zero-order valence-electron chi connectivity index (χ0n) is 17.5. The number of carbonyl (C=O) groups is 1. The second-order valence-electron chi connectivity index (χ2n) is 10.7. The molecule has 0 spiro atoms. The van der Waals surface area contributed by atoms with E-state index in [0.717, 1.165) is 48.4 Å². The Balaban J connectivity index is 1.48. The van der Waals surface area contributed by atoms with Crippen LogP contribution in [0.2, 0.25) is 0 Å². The average molecular weight is 396 g/mol. The summed E-state index contributed by atoms with van der Waals surface area (Å²) in [5, 5.41) is 8.00. The molecule has 1 aromatic carbocycles. The van der Waals surface area contributed by atoms with Crippen LogP contribution in [0.3, 0.4) is 0 Å². The fourth-order valence-corrected chi connectivity index (χ4v) is 6.25. The Labute approximate surface area is 171 Å². The third kappa shape index (κ3) is 3.28. The molecule has 0 saturated heterocycles. The maximum absolute atomic E-state index is 13.6. The molecule has 1 N–H and O–H groups in total. The maximum Gasteiger partial charge on any atom is 0.231 e. The van der Waals surface area contributed by atoms with Gasteiger partial charge in [-0.05, 0) is 80.5 Å². The van der Waals surface area contributed by atoms with Gasteiger partial charge in [-0.3, -0.25) is 4.79 Å². The molecule has 4 aliphatic rings. The zero-order chi connectivity index (χ0) is 20.4. The van der Waals surface area contributed by atoms with Crippen molar-refractivity contribution in [2.45, 2.75) is 64.7 Å². The van der Waals surface area contributed by atoms with Crippen molar-refractivity contribution < 1.29 is 9.18 Å². The largest absolute Gasteiger partial charge is 0.310 e. The molecule has 6 rings (SSSR count). The molecule has 0 radical (unpaired) electrons. The summed E-state index contributed by atoms with van der Waals surface area (Å²) < 4.78 is 15.2. The van der Waals surface area contributed by atoms with E-state index >= 15 is 0 Å². The zero-order valence-corrected chi connectivity index (χ0v) is 17.5. The van der Waals surface area contributed by atoms with Gasteiger partial charge in [-0.1, -0.05) is 20.8 Å². The number of carbonyl (C=O) groups excluding carboxylic acids is 1. The molecule has 2 aromatic rings. The molecule has 4 bridgehead atoms. The highest BCUT2D eigenvalue weighted by Gasteiger charge is 2.54. The summed E-state index contributed by atoms with van der Waals surface area (Å²) >= 11 is 0. The molecule has 1 amide bonds. The van der Waals surface area contributed by atoms with E-state index in [9.17, 15) is 9.18 Å². The molecule has 154 valence electrons. The van der Waals surface area contributed by atoms with E-state index in [1.54, 1.807) is 16.8 Å². The van der Waals surface area contributed by atoms with Gasteiger partial charge in [-0.2, -0.15) is 5.10 Å². The number of anilines is 1. The number of amides is 1. The summed E-state index contributed by atoms with van der Waals surface area (Å²) in [5.74, 6) is 2.72. The fourth-order valence-electron chi connectivity index (χ4n) is 6.25. The number of benzene rings is 1. The molecule has 0 unspecified atom stereocenters. The van der Waals surface area contributed by atoms with Crippen LogP contribution in [0.25, 0.3) is 5.69 Å². The first kappa shape index (κ1) is 18.8. The van der Waals surface area contributed by atoms with Crippen LogP contribution in [0.1, 0.15) is 65.0 Å². The Kier molecular flexibility index (Phi) is 4.17. The first-order chi connectivity index (χ1) is 13.7. The minimum atomic E-state index is -0.281. The summed E-state index contributed by atoms with van der Waals surface area (Å²) in [5.41, 5.74) is 1.30. The molecule has 4 aliphatic carbocycles. The van der Waals surface area contributed by atoms with E-state index in [1.165, 1.54) is 31.4 Å². The lowest BCUT2D eigenvalue weighted by atomic mass is 9.49. The Bertz CT molecular complexity index is 903. The van der Waals surface area contributed by atoms with Crippen LogP contribution < -0.4 is 5.32 Å². The Morgan fingerprint density at radius 1 is 1.07 bits per heavy atom. The van der Waals surface area contributed by atoms with Crippen molar-refractivity contribution in [2.24, 2.45) is 23.2 Å². The number of nitrogens with one attached hydrogen (secondary N) is 1. The summed E-state index contributed by atoms with van der Waals surface area (Å²) in [4.78, 5) is 13.6. The minimum Gasteiger partial charge on any atom is -0.310 e. The molecule has 0 aliphatic heterocycles. The van der Waals surface area contributed by atoms with Crippen LogP contribution in [-0.2, 0) is 10.2 Å². The number of aromatic nitrogens is 2. The second kappa shape index (κ2) is 6.41. The highest BCUT2D eigenvalue weighted by atomic mass is 19.1. The van der Waals surface area contributed by atoms with E-state index in [2.05, 4.69) is 26.1 Å². The molecule has 5 heteroatoms. The second-order valence-corrected chi connectivity index (χ2v) is 10.7. The summed E-state index contributed by atoms with van der Waals surface area (Å²) in [7, 11) is 0. The van der Waals surface area contributed by atoms with Crippen molar-refractivity contribution in [1.29, 1.82) is 0 Å². The van der Waals surface area contributed by atoms with Gasteiger partial charge >= 0.3 is 0 Å². The van der Waals surface area contributed by atoms with E-state index in [1.807, 2.05) is 6.07 Å². The van der Waals surface area contributed by atoms with E-state index in [-0.39, 0.29) is 22.6 Å². The first-order valence-corrected chi connectivity index (χ1v) is 10.9. The molecule has 4 fully saturated rings. The molecule has 1 heterocycles. The standard InChI is InChI=1S/C24H30FN3O/c1-23(2,3)20-11-21(28(27-20)19-6-4-18(25)5-7-19)26-22(29)24-12-15-8-16(13-24)10-17(9-15)14-24/h4-7,11,15-17H,8-10,12-14H2,1-3H3,(H,26,29). The van der Waals surface area contributed by atoms with Crippen LogP contribution >= 0.6 is 0 Å². The predicted molar refractivity (Wildman–Crippen MR) is 111 cm³/mol. The molecule has 4 saturated carbocycles. The van der Waals surface area contributed by atoms with Crippen molar-refractivity contribution in [3.63, 3.8) is 0 Å². The quantitative estimate of drug-likeness (QED) is 0.750. The predicted octanol–water partition coefficient (Wildman–Crippen LogP) is 5.46. The van der Waals surface area contributed by atoms with Crippen molar-refractivity contribution in [1.82, 2.24) is 9.78 Å². The SMILES string of the molecule is CC(C)(C)c1cc(NC(=O)C23CC4CC(CC(C4)C2)C3)n(-c2ccc(F)cc2)n1. The number of rotatable bonds is 3. The maximum atomic E-state index is 13.6. The van der Waals surface area contributed by atoms with Crippen molar-refractivity contribution >= 4 is 11.7 Å². The lowest BCUT2D eigenvalue weighted by molar-refractivity contribution is -0.140. The fraction of sp³-hybridized carbons (Fsp3) is 0.583. The van der Waals surface area contributed by atoms with E-state index in [4.69, 9.17) is 5.10 Å². The summed E-state index contributed by atoms with van der Waals surface area (Å²) in [6.07, 6.45) is 7.03. The topological polar surface area (TPSA) is 46.9 Å². The average Bonchev–Trinajstić information content (AvgIpc) is 3.05. The number of nitrogens with zero attached hydrogens (tertiary/aromatic N) is 2. The number of hydrogen-bond acceptors (Lipinski definition) is 2. The van der Waals surface area contributed by atoms with Crippen LogP contribution in [0.15, 0.2) is 30.3 Å². The number of halogens is 1. The van der Waals surface area contributed by atoms with Crippen molar-refractivity contribution in [3.05, 3.63) is 41.8 Å². The highest BCUT2D eigenvalue weighted by molar-refractivity contribution is 5.95. The minimum absolute atomic E-state index is 0.147. The Morgan fingerprint density at radius 2 is 1.62 bits per heavy atom. The van der Waals surface area contributed by atoms with Gasteiger partial charge < -0.3 is 5.32 Å². The first-order valence-electron chi connectivity index (χ1n) is 10.9. The van der Waals surface area contributed by atoms with Gasteiger partial charge in [0.15, 0.2) is 0 Å². The lowest BCUT2D eigenvalue weighted by Gasteiger charge is -2.55. The summed E-state index contributed by atoms with van der Waals surface area (Å²) in [6, 6.07) is 8.24. The van der Waals surface area contributed by atoms with E-state index in [0.29, 0.717) is 5.82 Å². The van der Waals surface area contributed by atoms with Gasteiger partial charge in [-0.15, -0.1) is 0 Å². The molecular formula is C24H30FN3O. The van der Waals surface area contributed by atoms with Gasteiger partial charge in [0.1, 0.15) is 11.6 Å². The van der Waals surface area contributed by atoms with Crippen molar-refractivity contribution in [3.8, 4) is 5.69 Å². The monoisotopic (exact) mass is 395 g/mol. The van der Waals surface area contributed by atoms with Gasteiger partial charge in [0.25, 0.3) is 0 Å². The molecule has 0 atom stereocenters. The van der Waals surface area contributed by atoms with Gasteiger partial charge in [0.2, 0.25) is 5.91 Å². The van der Waals surface area contributed by atoms with Crippen LogP contribution in [0.4, 0.5) is 10.2 Å². The smallest absolute Gasteiger partial charge is 0.231 e. The normalized spacial score (nSPS) is 30.6. The molecule has 1 aromatic heterocycles. The van der Waals surface area contributed by atoms with Gasteiger partial charge in [-0.25, -0.2) is 9.07 Å².